The Morgan fingerprint density at radius 2 is 2.40 bits per heavy atom. The van der Waals surface area contributed by atoms with Gasteiger partial charge < -0.3 is 9.63 Å². The number of thiophene rings is 1. The molecule has 2 heterocycles. The van der Waals surface area contributed by atoms with Crippen LogP contribution in [0.1, 0.15) is 23.0 Å². The Morgan fingerprint density at radius 3 is 3.13 bits per heavy atom. The Balaban J connectivity index is 1.95. The molecule has 0 saturated heterocycles. The molecule has 15 heavy (non-hydrogen) atoms. The van der Waals surface area contributed by atoms with Crippen LogP contribution in [0.15, 0.2) is 22.0 Å². The molecule has 0 amide bonds. The van der Waals surface area contributed by atoms with Crippen LogP contribution in [-0.4, -0.2) is 21.9 Å². The monoisotopic (exact) mass is 224 g/mol. The summed E-state index contributed by atoms with van der Waals surface area (Å²) in [4.78, 5) is 5.47. The van der Waals surface area contributed by atoms with E-state index in [0.717, 1.165) is 6.42 Å². The lowest BCUT2D eigenvalue weighted by molar-refractivity contribution is 0.278. The molecule has 0 aromatic carbocycles. The number of rotatable bonds is 5. The van der Waals surface area contributed by atoms with Crippen LogP contribution in [0.3, 0.4) is 0 Å². The van der Waals surface area contributed by atoms with Gasteiger partial charge in [0.15, 0.2) is 5.82 Å². The van der Waals surface area contributed by atoms with Crippen molar-refractivity contribution < 1.29 is 9.63 Å². The first-order valence-electron chi connectivity index (χ1n) is 4.83. The van der Waals surface area contributed by atoms with Crippen LogP contribution in [0.2, 0.25) is 0 Å². The van der Waals surface area contributed by atoms with E-state index in [1.54, 1.807) is 11.3 Å². The van der Waals surface area contributed by atoms with Gasteiger partial charge in [-0.3, -0.25) is 0 Å². The molecule has 0 aliphatic rings. The lowest BCUT2D eigenvalue weighted by atomic mass is 10.3. The van der Waals surface area contributed by atoms with Crippen molar-refractivity contribution in [3.63, 3.8) is 0 Å². The molecule has 0 aliphatic carbocycles. The summed E-state index contributed by atoms with van der Waals surface area (Å²) < 4.78 is 5.05. The summed E-state index contributed by atoms with van der Waals surface area (Å²) in [7, 11) is 0. The van der Waals surface area contributed by atoms with E-state index in [4.69, 9.17) is 9.63 Å². The number of aliphatic hydroxyl groups excluding tert-OH is 1. The Hall–Kier alpha value is -1.20. The van der Waals surface area contributed by atoms with Crippen LogP contribution in [0, 0.1) is 0 Å². The molecular formula is C10H12N2O2S. The van der Waals surface area contributed by atoms with E-state index in [-0.39, 0.29) is 6.61 Å². The molecule has 0 bridgehead atoms. The second kappa shape index (κ2) is 5.04. The molecule has 2 rings (SSSR count). The van der Waals surface area contributed by atoms with Gasteiger partial charge in [-0.25, -0.2) is 0 Å². The quantitative estimate of drug-likeness (QED) is 0.838. The first-order chi connectivity index (χ1) is 7.38. The number of aryl methyl sites for hydroxylation is 1. The highest BCUT2D eigenvalue weighted by molar-refractivity contribution is 7.09. The molecule has 5 heteroatoms. The van der Waals surface area contributed by atoms with E-state index in [0.29, 0.717) is 24.6 Å². The predicted octanol–water partition coefficient (Wildman–Crippen LogP) is 1.65. The Bertz CT molecular complexity index is 397. The van der Waals surface area contributed by atoms with Gasteiger partial charge in [-0.15, -0.1) is 11.3 Å². The molecule has 0 aliphatic heterocycles. The molecule has 1 N–H and O–H groups in total. The topological polar surface area (TPSA) is 59.2 Å². The number of hydrogen-bond acceptors (Lipinski definition) is 5. The first kappa shape index (κ1) is 10.3. The maximum Gasteiger partial charge on any atom is 0.226 e. The summed E-state index contributed by atoms with van der Waals surface area (Å²) >= 11 is 1.68. The summed E-state index contributed by atoms with van der Waals surface area (Å²) in [5.41, 5.74) is 0. The molecule has 0 fully saturated rings. The van der Waals surface area contributed by atoms with E-state index in [1.165, 1.54) is 4.88 Å². The summed E-state index contributed by atoms with van der Waals surface area (Å²) in [5, 5.41) is 14.6. The van der Waals surface area contributed by atoms with E-state index in [1.807, 2.05) is 11.4 Å². The molecule has 0 atom stereocenters. The molecule has 2 aromatic heterocycles. The van der Waals surface area contributed by atoms with E-state index >= 15 is 0 Å². The van der Waals surface area contributed by atoms with Crippen molar-refractivity contribution in [2.24, 2.45) is 0 Å². The zero-order valence-electron chi connectivity index (χ0n) is 8.22. The number of nitrogens with zero attached hydrogens (tertiary/aromatic N) is 2. The largest absolute Gasteiger partial charge is 0.396 e. The van der Waals surface area contributed by atoms with Gasteiger partial charge >= 0.3 is 0 Å². The predicted molar refractivity (Wildman–Crippen MR) is 56.8 cm³/mol. The van der Waals surface area contributed by atoms with Gasteiger partial charge in [0.2, 0.25) is 5.89 Å². The van der Waals surface area contributed by atoms with Gasteiger partial charge in [0.25, 0.3) is 0 Å². The highest BCUT2D eigenvalue weighted by atomic mass is 32.1. The molecular weight excluding hydrogens is 212 g/mol. The molecule has 0 unspecified atom stereocenters. The van der Waals surface area contributed by atoms with Gasteiger partial charge in [-0.05, 0) is 17.9 Å². The first-order valence-corrected chi connectivity index (χ1v) is 5.71. The highest BCUT2D eigenvalue weighted by Crippen LogP contribution is 2.13. The van der Waals surface area contributed by atoms with Crippen molar-refractivity contribution in [1.29, 1.82) is 0 Å². The maximum absolute atomic E-state index is 8.65. The zero-order valence-corrected chi connectivity index (χ0v) is 9.04. The molecule has 2 aromatic rings. The van der Waals surface area contributed by atoms with Crippen molar-refractivity contribution in [2.75, 3.05) is 6.61 Å². The maximum atomic E-state index is 8.65. The van der Waals surface area contributed by atoms with Crippen molar-refractivity contribution >= 4 is 11.3 Å². The third-order valence-electron chi connectivity index (χ3n) is 1.97. The second-order valence-electron chi connectivity index (χ2n) is 3.19. The molecule has 0 saturated carbocycles. The fraction of sp³-hybridized carbons (Fsp3) is 0.400. The normalized spacial score (nSPS) is 10.7. The van der Waals surface area contributed by atoms with Gasteiger partial charge in [-0.2, -0.15) is 4.98 Å². The third-order valence-corrected chi connectivity index (χ3v) is 2.85. The van der Waals surface area contributed by atoms with E-state index in [9.17, 15) is 0 Å². The third kappa shape index (κ3) is 2.87. The Kier molecular flexibility index (Phi) is 3.47. The molecule has 0 radical (unpaired) electrons. The van der Waals surface area contributed by atoms with Gasteiger partial charge in [0, 0.05) is 24.3 Å². The van der Waals surface area contributed by atoms with Crippen molar-refractivity contribution in [3.8, 4) is 0 Å². The minimum Gasteiger partial charge on any atom is -0.396 e. The van der Waals surface area contributed by atoms with Crippen LogP contribution >= 0.6 is 11.3 Å². The minimum absolute atomic E-state index is 0.155. The van der Waals surface area contributed by atoms with Crippen LogP contribution in [-0.2, 0) is 12.8 Å². The SMILES string of the molecule is OCCCc1nc(Cc2cccs2)no1. The molecule has 0 spiro atoms. The number of aromatic nitrogens is 2. The molecule has 80 valence electrons. The number of aliphatic hydroxyl groups is 1. The van der Waals surface area contributed by atoms with Gasteiger partial charge in [0.1, 0.15) is 0 Å². The van der Waals surface area contributed by atoms with E-state index in [2.05, 4.69) is 16.2 Å². The summed E-state index contributed by atoms with van der Waals surface area (Å²) in [6.45, 7) is 0.155. The zero-order chi connectivity index (χ0) is 10.5. The average molecular weight is 224 g/mol. The van der Waals surface area contributed by atoms with Gasteiger partial charge in [0.05, 0.1) is 0 Å². The fourth-order valence-electron chi connectivity index (χ4n) is 1.26. The Morgan fingerprint density at radius 1 is 1.47 bits per heavy atom. The molecule has 4 nitrogen and oxygen atoms in total. The van der Waals surface area contributed by atoms with Gasteiger partial charge in [-0.1, -0.05) is 11.2 Å². The van der Waals surface area contributed by atoms with Crippen LogP contribution in [0.4, 0.5) is 0 Å². The van der Waals surface area contributed by atoms with Crippen molar-refractivity contribution in [3.05, 3.63) is 34.1 Å². The smallest absolute Gasteiger partial charge is 0.226 e. The van der Waals surface area contributed by atoms with Crippen LogP contribution < -0.4 is 0 Å². The summed E-state index contributed by atoms with van der Waals surface area (Å²) in [6.07, 6.45) is 2.04. The average Bonchev–Trinajstić information content (AvgIpc) is 2.87. The summed E-state index contributed by atoms with van der Waals surface area (Å²) in [6, 6.07) is 4.06. The van der Waals surface area contributed by atoms with E-state index < -0.39 is 0 Å². The second-order valence-corrected chi connectivity index (χ2v) is 4.22. The Labute approximate surface area is 91.6 Å². The van der Waals surface area contributed by atoms with Crippen LogP contribution in [0.5, 0.6) is 0 Å². The fourth-order valence-corrected chi connectivity index (χ4v) is 1.96. The summed E-state index contributed by atoms with van der Waals surface area (Å²) in [5.74, 6) is 1.32. The standard InChI is InChI=1S/C10H12N2O2S/c13-5-1-4-10-11-9(12-14-10)7-8-3-2-6-15-8/h2-3,6,13H,1,4-5,7H2. The highest BCUT2D eigenvalue weighted by Gasteiger charge is 2.06. The number of hydrogen-bond donors (Lipinski definition) is 1. The minimum atomic E-state index is 0.155. The van der Waals surface area contributed by atoms with Crippen molar-refractivity contribution in [2.45, 2.75) is 19.3 Å². The van der Waals surface area contributed by atoms with Crippen molar-refractivity contribution in [1.82, 2.24) is 10.1 Å². The lowest BCUT2D eigenvalue weighted by Crippen LogP contribution is -1.91. The lowest BCUT2D eigenvalue weighted by Gasteiger charge is -1.88. The van der Waals surface area contributed by atoms with Crippen LogP contribution in [0.25, 0.3) is 0 Å².